The van der Waals surface area contributed by atoms with E-state index in [9.17, 15) is 4.79 Å². The smallest absolute Gasteiger partial charge is 0.275 e. The highest BCUT2D eigenvalue weighted by Gasteiger charge is 2.34. The Balaban J connectivity index is 1.29. The number of carbonyl (C=O) groups is 1. The predicted octanol–water partition coefficient (Wildman–Crippen LogP) is 3.66. The molecule has 0 aliphatic carbocycles. The number of aromatic amines is 1. The predicted molar refractivity (Wildman–Crippen MR) is 120 cm³/mol. The number of amides is 1. The van der Waals surface area contributed by atoms with Crippen LogP contribution in [0, 0.1) is 0 Å². The highest BCUT2D eigenvalue weighted by atomic mass is 16.5. The molecule has 4 aromatic rings. The first-order valence-electron chi connectivity index (χ1n) is 10.6. The molecule has 168 valence electrons. The summed E-state index contributed by atoms with van der Waals surface area (Å²) in [6, 6.07) is 17.3. The summed E-state index contributed by atoms with van der Waals surface area (Å²) in [7, 11) is 3.21. The van der Waals surface area contributed by atoms with Gasteiger partial charge in [0.05, 0.1) is 19.9 Å². The number of hydrogen-bond acceptors (Lipinski definition) is 7. The van der Waals surface area contributed by atoms with E-state index >= 15 is 0 Å². The lowest BCUT2D eigenvalue weighted by atomic mass is 10.1. The van der Waals surface area contributed by atoms with E-state index in [1.807, 2.05) is 54.6 Å². The number of methoxy groups -OCH3 is 2. The highest BCUT2D eigenvalue weighted by molar-refractivity contribution is 5.79. The van der Waals surface area contributed by atoms with Gasteiger partial charge in [0.15, 0.2) is 5.82 Å². The van der Waals surface area contributed by atoms with Crippen molar-refractivity contribution in [2.75, 3.05) is 20.8 Å². The van der Waals surface area contributed by atoms with E-state index in [2.05, 4.69) is 20.3 Å². The summed E-state index contributed by atoms with van der Waals surface area (Å²) in [5.41, 5.74) is 3.33. The third-order valence-electron chi connectivity index (χ3n) is 5.75. The summed E-state index contributed by atoms with van der Waals surface area (Å²) in [4.78, 5) is 19.0. The molecule has 2 aromatic heterocycles. The molecule has 33 heavy (non-hydrogen) atoms. The Labute approximate surface area is 190 Å². The van der Waals surface area contributed by atoms with Crippen LogP contribution in [0.25, 0.3) is 22.8 Å². The summed E-state index contributed by atoms with van der Waals surface area (Å²) in [6.45, 7) is 0.944. The van der Waals surface area contributed by atoms with Crippen molar-refractivity contribution >= 4 is 5.91 Å². The molecule has 1 fully saturated rings. The van der Waals surface area contributed by atoms with Crippen LogP contribution in [0.3, 0.4) is 0 Å². The Morgan fingerprint density at radius 3 is 2.76 bits per heavy atom. The highest BCUT2D eigenvalue weighted by Crippen LogP contribution is 2.32. The van der Waals surface area contributed by atoms with Gasteiger partial charge in [-0.3, -0.25) is 9.89 Å². The number of H-pyrrole nitrogens is 1. The minimum Gasteiger partial charge on any atom is -0.497 e. The van der Waals surface area contributed by atoms with Crippen LogP contribution < -0.4 is 9.47 Å². The van der Waals surface area contributed by atoms with Gasteiger partial charge in [-0.2, -0.15) is 10.1 Å². The Hall–Kier alpha value is -4.14. The van der Waals surface area contributed by atoms with Crippen LogP contribution in [0.15, 0.2) is 59.1 Å². The molecule has 5 rings (SSSR count). The van der Waals surface area contributed by atoms with Gasteiger partial charge in [0, 0.05) is 42.6 Å². The standard InChI is InChI=1S/C24H23N5O4/c1-31-18-9-8-16(21(11-18)32-2)13-29-14-17(10-22(29)30)23-25-24(33-28-23)20-12-19(26-27-20)15-6-4-3-5-7-15/h3-9,11-12,17H,10,13-14H2,1-2H3,(H,26,27). The molecule has 1 aliphatic rings. The van der Waals surface area contributed by atoms with Crippen LogP contribution in [0.1, 0.15) is 23.7 Å². The van der Waals surface area contributed by atoms with E-state index in [0.29, 0.717) is 48.4 Å². The molecular weight excluding hydrogens is 422 g/mol. The van der Waals surface area contributed by atoms with Gasteiger partial charge < -0.3 is 18.9 Å². The first kappa shape index (κ1) is 20.7. The molecule has 1 amide bonds. The molecule has 9 heteroatoms. The largest absolute Gasteiger partial charge is 0.497 e. The van der Waals surface area contributed by atoms with Crippen LogP contribution in [0.2, 0.25) is 0 Å². The fraction of sp³-hybridized carbons (Fsp3) is 0.250. The lowest BCUT2D eigenvalue weighted by Gasteiger charge is -2.18. The minimum atomic E-state index is -0.143. The fourth-order valence-corrected chi connectivity index (χ4v) is 3.98. The van der Waals surface area contributed by atoms with Gasteiger partial charge in [-0.15, -0.1) is 0 Å². The van der Waals surface area contributed by atoms with E-state index < -0.39 is 0 Å². The number of benzene rings is 2. The van der Waals surface area contributed by atoms with Gasteiger partial charge in [0.2, 0.25) is 5.91 Å². The lowest BCUT2D eigenvalue weighted by molar-refractivity contribution is -0.128. The lowest BCUT2D eigenvalue weighted by Crippen LogP contribution is -2.24. The summed E-state index contributed by atoms with van der Waals surface area (Å²) in [6.07, 6.45) is 0.329. The summed E-state index contributed by atoms with van der Waals surface area (Å²) in [5.74, 6) is 2.14. The van der Waals surface area contributed by atoms with Crippen molar-refractivity contribution in [2.45, 2.75) is 18.9 Å². The van der Waals surface area contributed by atoms with Gasteiger partial charge in [0.1, 0.15) is 17.2 Å². The molecule has 0 bridgehead atoms. The van der Waals surface area contributed by atoms with E-state index in [1.54, 1.807) is 19.1 Å². The Kier molecular flexibility index (Phi) is 5.52. The van der Waals surface area contributed by atoms with E-state index in [-0.39, 0.29) is 11.8 Å². The zero-order valence-corrected chi connectivity index (χ0v) is 18.3. The molecule has 1 atom stereocenters. The van der Waals surface area contributed by atoms with Crippen molar-refractivity contribution < 1.29 is 18.8 Å². The van der Waals surface area contributed by atoms with Crippen LogP contribution in [0.4, 0.5) is 0 Å². The maximum Gasteiger partial charge on any atom is 0.275 e. The maximum atomic E-state index is 12.7. The monoisotopic (exact) mass is 445 g/mol. The number of nitrogens with zero attached hydrogens (tertiary/aromatic N) is 4. The second-order valence-corrected chi connectivity index (χ2v) is 7.84. The van der Waals surface area contributed by atoms with Crippen LogP contribution >= 0.6 is 0 Å². The number of nitrogens with one attached hydrogen (secondary N) is 1. The number of likely N-dealkylation sites (tertiary alicyclic amines) is 1. The average Bonchev–Trinajstić information content (AvgIpc) is 3.60. The van der Waals surface area contributed by atoms with Gasteiger partial charge in [-0.05, 0) is 18.2 Å². The Morgan fingerprint density at radius 2 is 1.97 bits per heavy atom. The number of carbonyl (C=O) groups excluding carboxylic acids is 1. The average molecular weight is 445 g/mol. The second kappa shape index (κ2) is 8.78. The zero-order chi connectivity index (χ0) is 22.8. The molecule has 0 saturated carbocycles. The normalized spacial score (nSPS) is 15.8. The Morgan fingerprint density at radius 1 is 1.12 bits per heavy atom. The molecule has 2 aromatic carbocycles. The number of aromatic nitrogens is 4. The number of hydrogen-bond donors (Lipinski definition) is 1. The molecule has 1 unspecified atom stereocenters. The molecule has 0 radical (unpaired) electrons. The van der Waals surface area contributed by atoms with Crippen molar-refractivity contribution in [3.8, 4) is 34.3 Å². The van der Waals surface area contributed by atoms with E-state index in [1.165, 1.54) is 0 Å². The zero-order valence-electron chi connectivity index (χ0n) is 18.3. The summed E-state index contributed by atoms with van der Waals surface area (Å²) < 4.78 is 16.2. The number of ether oxygens (including phenoxy) is 2. The van der Waals surface area contributed by atoms with Gasteiger partial charge >= 0.3 is 0 Å². The maximum absolute atomic E-state index is 12.7. The van der Waals surface area contributed by atoms with Crippen molar-refractivity contribution in [1.29, 1.82) is 0 Å². The van der Waals surface area contributed by atoms with Crippen molar-refractivity contribution in [3.63, 3.8) is 0 Å². The van der Waals surface area contributed by atoms with Crippen LogP contribution in [-0.4, -0.2) is 51.9 Å². The molecule has 1 aliphatic heterocycles. The fourth-order valence-electron chi connectivity index (χ4n) is 3.98. The first-order chi connectivity index (χ1) is 16.1. The quantitative estimate of drug-likeness (QED) is 0.463. The van der Waals surface area contributed by atoms with Crippen LogP contribution in [0.5, 0.6) is 11.5 Å². The second-order valence-electron chi connectivity index (χ2n) is 7.84. The SMILES string of the molecule is COc1ccc(CN2CC(c3noc(-c4cc(-c5ccccc5)n[nH]4)n3)CC2=O)c(OC)c1. The number of rotatable bonds is 7. The summed E-state index contributed by atoms with van der Waals surface area (Å²) in [5, 5.41) is 11.4. The third kappa shape index (κ3) is 4.17. The van der Waals surface area contributed by atoms with E-state index in [4.69, 9.17) is 14.0 Å². The van der Waals surface area contributed by atoms with Crippen molar-refractivity contribution in [2.24, 2.45) is 0 Å². The first-order valence-corrected chi connectivity index (χ1v) is 10.6. The van der Waals surface area contributed by atoms with E-state index in [0.717, 1.165) is 16.8 Å². The van der Waals surface area contributed by atoms with Crippen molar-refractivity contribution in [1.82, 2.24) is 25.2 Å². The molecule has 9 nitrogen and oxygen atoms in total. The third-order valence-corrected chi connectivity index (χ3v) is 5.75. The van der Waals surface area contributed by atoms with Gasteiger partial charge in [-0.1, -0.05) is 35.5 Å². The summed E-state index contributed by atoms with van der Waals surface area (Å²) >= 11 is 0. The molecule has 0 spiro atoms. The Bertz CT molecular complexity index is 1270. The van der Waals surface area contributed by atoms with Gasteiger partial charge in [0.25, 0.3) is 5.89 Å². The molecule has 3 heterocycles. The van der Waals surface area contributed by atoms with Crippen molar-refractivity contribution in [3.05, 3.63) is 66.0 Å². The minimum absolute atomic E-state index is 0.0390. The van der Waals surface area contributed by atoms with Gasteiger partial charge in [-0.25, -0.2) is 0 Å². The topological polar surface area (TPSA) is 106 Å². The molecule has 1 saturated heterocycles. The molecular formula is C24H23N5O4. The molecule has 1 N–H and O–H groups in total. The van der Waals surface area contributed by atoms with Crippen LogP contribution in [-0.2, 0) is 11.3 Å².